The first-order valence-corrected chi connectivity index (χ1v) is 10.9. The molecule has 1 atom stereocenters. The molecule has 1 aliphatic rings. The van der Waals surface area contributed by atoms with Gasteiger partial charge in [0, 0.05) is 35.8 Å². The molecule has 5 rings (SSSR count). The minimum atomic E-state index is -0.941. The van der Waals surface area contributed by atoms with Crippen molar-refractivity contribution in [1.82, 2.24) is 4.57 Å². The van der Waals surface area contributed by atoms with Crippen LogP contribution in [-0.2, 0) is 11.8 Å². The third-order valence-electron chi connectivity index (χ3n) is 5.68. The van der Waals surface area contributed by atoms with Crippen LogP contribution in [0.5, 0.6) is 11.5 Å². The number of fused-ring (bicyclic) bond motifs is 2. The van der Waals surface area contributed by atoms with E-state index in [4.69, 9.17) is 21.1 Å². The van der Waals surface area contributed by atoms with E-state index in [9.17, 15) is 9.59 Å². The average Bonchev–Trinajstić information content (AvgIpc) is 3.30. The number of ketones is 1. The summed E-state index contributed by atoms with van der Waals surface area (Å²) in [6.45, 7) is 1.79. The second-order valence-corrected chi connectivity index (χ2v) is 8.40. The van der Waals surface area contributed by atoms with Crippen LogP contribution in [0, 0.1) is 6.92 Å². The number of para-hydroxylation sites is 1. The first kappa shape index (κ1) is 21.0. The highest BCUT2D eigenvalue weighted by atomic mass is 35.5. The monoisotopic (exact) mass is 457 g/mol. The highest BCUT2D eigenvalue weighted by Crippen LogP contribution is 2.38. The van der Waals surface area contributed by atoms with Crippen molar-refractivity contribution in [2.75, 3.05) is 0 Å². The summed E-state index contributed by atoms with van der Waals surface area (Å²) in [5, 5.41) is 0.0874. The molecule has 0 N–H and O–H groups in total. The van der Waals surface area contributed by atoms with Crippen LogP contribution in [0.25, 0.3) is 17.0 Å². The van der Waals surface area contributed by atoms with Gasteiger partial charge < -0.3 is 14.0 Å². The summed E-state index contributed by atoms with van der Waals surface area (Å²) in [4.78, 5) is 25.6. The summed E-state index contributed by atoms with van der Waals surface area (Å²) in [5.74, 6) is 0.0653. The Hall–Kier alpha value is -3.83. The van der Waals surface area contributed by atoms with Crippen molar-refractivity contribution >= 4 is 40.3 Å². The number of aromatic nitrogens is 1. The van der Waals surface area contributed by atoms with Gasteiger partial charge in [-0.05, 0) is 36.3 Å². The molecular weight excluding hydrogens is 438 g/mol. The van der Waals surface area contributed by atoms with E-state index < -0.39 is 11.3 Å². The number of nitrogens with zero attached hydrogens (tertiary/aromatic N) is 1. The normalized spacial score (nSPS) is 14.9. The van der Waals surface area contributed by atoms with Crippen molar-refractivity contribution in [2.24, 2.45) is 7.05 Å². The largest absolute Gasteiger partial charge is 0.452 e. The van der Waals surface area contributed by atoms with Gasteiger partial charge in [-0.25, -0.2) is 4.79 Å². The van der Waals surface area contributed by atoms with E-state index in [1.807, 2.05) is 48.1 Å². The van der Waals surface area contributed by atoms with Crippen LogP contribution in [-0.4, -0.2) is 16.3 Å². The minimum Gasteiger partial charge on any atom is -0.452 e. The molecule has 2 heterocycles. The summed E-state index contributed by atoms with van der Waals surface area (Å²) >= 11 is 6.28. The number of carbonyl (C=O) groups is 2. The van der Waals surface area contributed by atoms with Gasteiger partial charge in [0.25, 0.3) is 0 Å². The third-order valence-corrected chi connectivity index (χ3v) is 6.11. The number of hydrogen-bond donors (Lipinski definition) is 0. The highest BCUT2D eigenvalue weighted by molar-refractivity contribution is 6.30. The Morgan fingerprint density at radius 2 is 1.82 bits per heavy atom. The van der Waals surface area contributed by atoms with Crippen molar-refractivity contribution in [2.45, 2.75) is 12.3 Å². The average molecular weight is 458 g/mol. The van der Waals surface area contributed by atoms with E-state index in [1.54, 1.807) is 49.4 Å². The Balaban J connectivity index is 1.43. The first-order chi connectivity index (χ1) is 15.9. The number of alkyl halides is 1. The predicted molar refractivity (Wildman–Crippen MR) is 128 cm³/mol. The number of rotatable bonds is 4. The topological polar surface area (TPSA) is 57.5 Å². The maximum Gasteiger partial charge on any atom is 0.334 e. The molecule has 4 aromatic rings. The van der Waals surface area contributed by atoms with E-state index in [1.165, 1.54) is 0 Å². The van der Waals surface area contributed by atoms with Gasteiger partial charge in [-0.2, -0.15) is 0 Å². The zero-order valence-electron chi connectivity index (χ0n) is 18.0. The smallest absolute Gasteiger partial charge is 0.334 e. The van der Waals surface area contributed by atoms with Gasteiger partial charge in [0.1, 0.15) is 11.5 Å². The molecule has 0 saturated heterocycles. The fourth-order valence-corrected chi connectivity index (χ4v) is 4.28. The predicted octanol–water partition coefficient (Wildman–Crippen LogP) is 5.99. The van der Waals surface area contributed by atoms with Crippen molar-refractivity contribution in [3.05, 3.63) is 101 Å². The van der Waals surface area contributed by atoms with Gasteiger partial charge in [-0.3, -0.25) is 4.79 Å². The van der Waals surface area contributed by atoms with Crippen molar-refractivity contribution in [3.8, 4) is 11.5 Å². The second kappa shape index (κ2) is 8.26. The lowest BCUT2D eigenvalue weighted by atomic mass is 10.0. The number of halogens is 1. The van der Waals surface area contributed by atoms with Crippen molar-refractivity contribution < 1.29 is 19.1 Å². The number of allylic oxidation sites excluding steroid dienone is 1. The molecule has 1 unspecified atom stereocenters. The Morgan fingerprint density at radius 1 is 1.09 bits per heavy atom. The van der Waals surface area contributed by atoms with Crippen LogP contribution in [0.4, 0.5) is 0 Å². The Morgan fingerprint density at radius 3 is 2.61 bits per heavy atom. The van der Waals surface area contributed by atoms with Crippen LogP contribution in [0.3, 0.4) is 0 Å². The maximum absolute atomic E-state index is 13.1. The Labute approximate surface area is 195 Å². The van der Waals surface area contributed by atoms with Gasteiger partial charge in [0.2, 0.25) is 5.78 Å². The molecule has 5 nitrogen and oxygen atoms in total. The lowest BCUT2D eigenvalue weighted by Crippen LogP contribution is -2.14. The van der Waals surface area contributed by atoms with E-state index in [2.05, 4.69) is 0 Å². The molecule has 0 aliphatic carbocycles. The molecule has 0 radical (unpaired) electrons. The lowest BCUT2D eigenvalue weighted by molar-refractivity contribution is -0.134. The number of esters is 1. The van der Waals surface area contributed by atoms with Crippen LogP contribution in [0.1, 0.15) is 32.4 Å². The molecule has 0 spiro atoms. The van der Waals surface area contributed by atoms with Crippen LogP contribution >= 0.6 is 11.6 Å². The van der Waals surface area contributed by atoms with Gasteiger partial charge in [-0.1, -0.05) is 48.5 Å². The van der Waals surface area contributed by atoms with Gasteiger partial charge in [0.05, 0.1) is 5.56 Å². The summed E-state index contributed by atoms with van der Waals surface area (Å²) in [5.41, 5.74) is 3.72. The summed E-state index contributed by atoms with van der Waals surface area (Å²) in [7, 11) is 1.96. The fraction of sp³-hybridized carbons (Fsp3) is 0.111. The molecule has 164 valence electrons. The number of hydrogen-bond acceptors (Lipinski definition) is 4. The fourth-order valence-electron chi connectivity index (χ4n) is 4.09. The molecule has 1 aromatic heterocycles. The van der Waals surface area contributed by atoms with Crippen LogP contribution < -0.4 is 9.47 Å². The molecule has 0 saturated carbocycles. The van der Waals surface area contributed by atoms with Gasteiger partial charge in [0.15, 0.2) is 11.1 Å². The maximum atomic E-state index is 13.1. The van der Waals surface area contributed by atoms with E-state index >= 15 is 0 Å². The number of benzene rings is 3. The SMILES string of the molecule is Cc1cc(OC(=O)C(Cl)c2ccccc2)cc2c1C(=O)/C(=C/c1cn(C)c3ccccc13)O2. The number of aryl methyl sites for hydroxylation is 2. The molecule has 0 bridgehead atoms. The Bertz CT molecular complexity index is 1440. The minimum absolute atomic E-state index is 0.201. The summed E-state index contributed by atoms with van der Waals surface area (Å²) in [6.07, 6.45) is 3.71. The third kappa shape index (κ3) is 3.81. The van der Waals surface area contributed by atoms with Crippen LogP contribution in [0.15, 0.2) is 78.7 Å². The second-order valence-electron chi connectivity index (χ2n) is 7.96. The molecule has 0 fully saturated rings. The molecule has 0 amide bonds. The van der Waals surface area contributed by atoms with E-state index in [0.29, 0.717) is 22.4 Å². The van der Waals surface area contributed by atoms with Crippen LogP contribution in [0.2, 0.25) is 0 Å². The molecule has 33 heavy (non-hydrogen) atoms. The molecular formula is C27H20ClNO4. The van der Waals surface area contributed by atoms with Gasteiger partial charge in [-0.15, -0.1) is 11.6 Å². The van der Waals surface area contributed by atoms with Crippen molar-refractivity contribution in [1.29, 1.82) is 0 Å². The number of Topliss-reactive ketones (excluding diaryl/α,β-unsaturated/α-hetero) is 1. The number of carbonyl (C=O) groups excluding carboxylic acids is 2. The standard InChI is InChI=1S/C27H20ClNO4/c1-16-12-19(32-27(31)25(28)17-8-4-3-5-9-17)14-22-24(16)26(30)23(33-22)13-18-15-29(2)21-11-7-6-10-20(18)21/h3-15,25H,1-2H3/b23-13-. The van der Waals surface area contributed by atoms with E-state index in [-0.39, 0.29) is 17.3 Å². The van der Waals surface area contributed by atoms with E-state index in [0.717, 1.165) is 16.5 Å². The van der Waals surface area contributed by atoms with Gasteiger partial charge >= 0.3 is 5.97 Å². The zero-order chi connectivity index (χ0) is 23.1. The number of ether oxygens (including phenoxy) is 2. The first-order valence-electron chi connectivity index (χ1n) is 10.5. The quantitative estimate of drug-likeness (QED) is 0.163. The lowest BCUT2D eigenvalue weighted by Gasteiger charge is -2.11. The zero-order valence-corrected chi connectivity index (χ0v) is 18.8. The molecule has 1 aliphatic heterocycles. The highest BCUT2D eigenvalue weighted by Gasteiger charge is 2.31. The summed E-state index contributed by atoms with van der Waals surface area (Å²) < 4.78 is 13.4. The molecule has 6 heteroatoms. The molecule has 3 aromatic carbocycles. The Kier molecular flexibility index (Phi) is 5.27. The van der Waals surface area contributed by atoms with Crippen molar-refractivity contribution in [3.63, 3.8) is 0 Å². The summed E-state index contributed by atoms with van der Waals surface area (Å²) in [6, 6.07) is 20.1.